The van der Waals surface area contributed by atoms with E-state index >= 15 is 0 Å². The van der Waals surface area contributed by atoms with Gasteiger partial charge in [0.25, 0.3) is 0 Å². The molecule has 18 heavy (non-hydrogen) atoms. The second kappa shape index (κ2) is 6.45. The number of nitrogen functional groups attached to an aromatic ring is 1. The normalized spacial score (nSPS) is 11.4. The van der Waals surface area contributed by atoms with Crippen LogP contribution in [0.4, 0.5) is 11.5 Å². The van der Waals surface area contributed by atoms with Crippen LogP contribution >= 0.6 is 0 Å². The van der Waals surface area contributed by atoms with Gasteiger partial charge in [-0.2, -0.15) is 5.26 Å². The maximum atomic E-state index is 11.6. The third kappa shape index (κ3) is 3.63. The van der Waals surface area contributed by atoms with Crippen LogP contribution in [0.5, 0.6) is 0 Å². The zero-order valence-electron chi connectivity index (χ0n) is 10.5. The van der Waals surface area contributed by atoms with Crippen LogP contribution in [0.2, 0.25) is 0 Å². The van der Waals surface area contributed by atoms with Gasteiger partial charge >= 0.3 is 0 Å². The van der Waals surface area contributed by atoms with Crippen LogP contribution in [0.25, 0.3) is 0 Å². The molecule has 1 atom stereocenters. The minimum absolute atomic E-state index is 0.109. The van der Waals surface area contributed by atoms with Crippen LogP contribution in [0.1, 0.15) is 25.8 Å². The lowest BCUT2D eigenvalue weighted by Crippen LogP contribution is -2.38. The highest BCUT2D eigenvalue weighted by atomic mass is 16.2. The number of pyridine rings is 1. The van der Waals surface area contributed by atoms with Gasteiger partial charge in [-0.05, 0) is 19.4 Å². The highest BCUT2D eigenvalue weighted by Crippen LogP contribution is 2.16. The quantitative estimate of drug-likeness (QED) is 0.716. The van der Waals surface area contributed by atoms with E-state index in [-0.39, 0.29) is 5.91 Å². The number of carbonyl (C=O) groups excluding carboxylic acids is 1. The summed E-state index contributed by atoms with van der Waals surface area (Å²) < 4.78 is 0. The van der Waals surface area contributed by atoms with E-state index in [9.17, 15) is 4.79 Å². The molecule has 0 aromatic carbocycles. The molecule has 1 heterocycles. The van der Waals surface area contributed by atoms with Crippen LogP contribution in [0.15, 0.2) is 12.3 Å². The number of aromatic nitrogens is 1. The molecule has 1 unspecified atom stereocenters. The zero-order valence-corrected chi connectivity index (χ0v) is 10.5. The number of anilines is 2. The second-order valence-corrected chi connectivity index (χ2v) is 3.93. The molecule has 1 amide bonds. The molecule has 6 nitrogen and oxygen atoms in total. The Morgan fingerprint density at radius 3 is 2.94 bits per heavy atom. The van der Waals surface area contributed by atoms with Crippen molar-refractivity contribution in [1.29, 1.82) is 5.26 Å². The minimum atomic E-state index is -0.431. The Bertz CT molecular complexity index is 466. The number of carbonyl (C=O) groups is 1. The molecule has 0 fully saturated rings. The van der Waals surface area contributed by atoms with E-state index in [1.54, 1.807) is 6.92 Å². The summed E-state index contributed by atoms with van der Waals surface area (Å²) in [5.74, 6) is 0.301. The molecule has 6 heteroatoms. The molecule has 0 aliphatic rings. The first-order chi connectivity index (χ1) is 8.58. The molecule has 0 bridgehead atoms. The van der Waals surface area contributed by atoms with E-state index in [0.29, 0.717) is 23.6 Å². The van der Waals surface area contributed by atoms with Crippen LogP contribution in [-0.2, 0) is 4.79 Å². The zero-order chi connectivity index (χ0) is 13.5. The van der Waals surface area contributed by atoms with Crippen LogP contribution in [0.3, 0.4) is 0 Å². The Hall–Kier alpha value is -2.29. The van der Waals surface area contributed by atoms with Crippen LogP contribution in [-0.4, -0.2) is 23.5 Å². The summed E-state index contributed by atoms with van der Waals surface area (Å²) in [6.07, 6.45) is 2.30. The van der Waals surface area contributed by atoms with Crippen molar-refractivity contribution in [2.24, 2.45) is 0 Å². The average molecular weight is 247 g/mol. The van der Waals surface area contributed by atoms with E-state index in [1.165, 1.54) is 12.3 Å². The fraction of sp³-hybridized carbons (Fsp3) is 0.417. The van der Waals surface area contributed by atoms with Gasteiger partial charge in [-0.3, -0.25) is 4.79 Å². The van der Waals surface area contributed by atoms with Crippen molar-refractivity contribution in [3.05, 3.63) is 17.8 Å². The summed E-state index contributed by atoms with van der Waals surface area (Å²) in [6, 6.07) is 3.04. The van der Waals surface area contributed by atoms with Gasteiger partial charge in [0, 0.05) is 12.7 Å². The Balaban J connectivity index is 2.67. The van der Waals surface area contributed by atoms with E-state index in [1.807, 2.05) is 13.0 Å². The summed E-state index contributed by atoms with van der Waals surface area (Å²) in [5.41, 5.74) is 6.48. The van der Waals surface area contributed by atoms with Gasteiger partial charge in [-0.25, -0.2) is 4.98 Å². The molecule has 0 saturated carbocycles. The molecular weight excluding hydrogens is 230 g/mol. The molecule has 0 saturated heterocycles. The van der Waals surface area contributed by atoms with Gasteiger partial charge in [0.2, 0.25) is 5.91 Å². The standard InChI is InChI=1S/C12H17N5O/c1-3-4-15-12(18)8(2)17-11-10(14)5-9(6-13)7-16-11/h5,7-8H,3-4,14H2,1-2H3,(H,15,18)(H,16,17). The van der Waals surface area contributed by atoms with Gasteiger partial charge < -0.3 is 16.4 Å². The third-order valence-corrected chi connectivity index (χ3v) is 2.34. The molecular formula is C12H17N5O. The summed E-state index contributed by atoms with van der Waals surface area (Å²) in [7, 11) is 0. The number of amides is 1. The number of nitriles is 1. The summed E-state index contributed by atoms with van der Waals surface area (Å²) in [5, 5.41) is 14.4. The fourth-order valence-corrected chi connectivity index (χ4v) is 1.34. The number of hydrogen-bond donors (Lipinski definition) is 3. The number of hydrogen-bond acceptors (Lipinski definition) is 5. The molecule has 0 spiro atoms. The smallest absolute Gasteiger partial charge is 0.242 e. The monoisotopic (exact) mass is 247 g/mol. The Labute approximate surface area is 106 Å². The highest BCUT2D eigenvalue weighted by molar-refractivity contribution is 5.84. The first-order valence-electron chi connectivity index (χ1n) is 5.78. The second-order valence-electron chi connectivity index (χ2n) is 3.93. The Kier molecular flexibility index (Phi) is 4.93. The Morgan fingerprint density at radius 2 is 2.39 bits per heavy atom. The lowest BCUT2D eigenvalue weighted by Gasteiger charge is -2.15. The van der Waals surface area contributed by atoms with E-state index in [0.717, 1.165) is 6.42 Å². The highest BCUT2D eigenvalue weighted by Gasteiger charge is 2.13. The maximum absolute atomic E-state index is 11.6. The Morgan fingerprint density at radius 1 is 1.67 bits per heavy atom. The van der Waals surface area contributed by atoms with Gasteiger partial charge in [0.1, 0.15) is 17.9 Å². The topological polar surface area (TPSA) is 104 Å². The van der Waals surface area contributed by atoms with Crippen molar-refractivity contribution in [2.45, 2.75) is 26.3 Å². The third-order valence-electron chi connectivity index (χ3n) is 2.34. The largest absolute Gasteiger partial charge is 0.396 e. The lowest BCUT2D eigenvalue weighted by atomic mass is 10.2. The lowest BCUT2D eigenvalue weighted by molar-refractivity contribution is -0.121. The first kappa shape index (κ1) is 13.8. The van der Waals surface area contributed by atoms with Crippen molar-refractivity contribution in [3.8, 4) is 6.07 Å². The SMILES string of the molecule is CCCNC(=O)C(C)Nc1ncc(C#N)cc1N. The van der Waals surface area contributed by atoms with E-state index in [2.05, 4.69) is 15.6 Å². The molecule has 96 valence electrons. The van der Waals surface area contributed by atoms with Crippen molar-refractivity contribution in [3.63, 3.8) is 0 Å². The van der Waals surface area contributed by atoms with Crippen molar-refractivity contribution in [2.75, 3.05) is 17.6 Å². The molecule has 0 aliphatic heterocycles. The first-order valence-corrected chi connectivity index (χ1v) is 5.78. The molecule has 0 radical (unpaired) electrons. The van der Waals surface area contributed by atoms with Gasteiger partial charge in [-0.15, -0.1) is 0 Å². The maximum Gasteiger partial charge on any atom is 0.242 e. The predicted octanol–water partition coefficient (Wildman–Crippen LogP) is 0.862. The molecule has 1 aromatic heterocycles. The fourth-order valence-electron chi connectivity index (χ4n) is 1.34. The van der Waals surface area contributed by atoms with Gasteiger partial charge in [-0.1, -0.05) is 6.92 Å². The predicted molar refractivity (Wildman–Crippen MR) is 69.7 cm³/mol. The molecule has 0 aliphatic carbocycles. The molecule has 1 aromatic rings. The number of nitrogens with one attached hydrogen (secondary N) is 2. The van der Waals surface area contributed by atoms with Crippen molar-refractivity contribution in [1.82, 2.24) is 10.3 Å². The summed E-state index contributed by atoms with van der Waals surface area (Å²) >= 11 is 0. The van der Waals surface area contributed by atoms with E-state index < -0.39 is 6.04 Å². The minimum Gasteiger partial charge on any atom is -0.396 e. The van der Waals surface area contributed by atoms with Gasteiger partial charge in [0.05, 0.1) is 11.3 Å². The summed E-state index contributed by atoms with van der Waals surface area (Å²) in [6.45, 7) is 4.35. The van der Waals surface area contributed by atoms with Crippen LogP contribution < -0.4 is 16.4 Å². The number of rotatable bonds is 5. The number of nitrogens with zero attached hydrogens (tertiary/aromatic N) is 2. The van der Waals surface area contributed by atoms with Crippen molar-refractivity contribution >= 4 is 17.4 Å². The number of nitrogens with two attached hydrogens (primary N) is 1. The molecule has 4 N–H and O–H groups in total. The molecule has 1 rings (SSSR count). The summed E-state index contributed by atoms with van der Waals surface area (Å²) in [4.78, 5) is 15.7. The van der Waals surface area contributed by atoms with Crippen molar-refractivity contribution < 1.29 is 4.79 Å². The van der Waals surface area contributed by atoms with Crippen LogP contribution in [0, 0.1) is 11.3 Å². The average Bonchev–Trinajstić information content (AvgIpc) is 2.38. The van der Waals surface area contributed by atoms with Gasteiger partial charge in [0.15, 0.2) is 0 Å². The van der Waals surface area contributed by atoms with E-state index in [4.69, 9.17) is 11.0 Å².